The van der Waals surface area contributed by atoms with Crippen LogP contribution in [-0.4, -0.2) is 47.6 Å². The number of carbonyl (C=O) groups is 1. The van der Waals surface area contributed by atoms with Crippen LogP contribution in [0.2, 0.25) is 0 Å². The fourth-order valence-corrected chi connectivity index (χ4v) is 4.16. The highest BCUT2D eigenvalue weighted by atomic mass is 32.2. The third-order valence-corrected chi connectivity index (χ3v) is 6.70. The van der Waals surface area contributed by atoms with Crippen molar-refractivity contribution in [2.24, 2.45) is 5.73 Å². The molecule has 1 saturated carbocycles. The van der Waals surface area contributed by atoms with E-state index in [1.165, 1.54) is 24.2 Å². The van der Waals surface area contributed by atoms with E-state index in [-0.39, 0.29) is 16.7 Å². The minimum atomic E-state index is -0.111. The van der Waals surface area contributed by atoms with Crippen LogP contribution in [0.15, 0.2) is 0 Å². The highest BCUT2D eigenvalue weighted by Crippen LogP contribution is 2.46. The topological polar surface area (TPSA) is 97.3 Å². The number of nitrogens with zero attached hydrogens (tertiary/aromatic N) is 2. The maximum Gasteiger partial charge on any atom is 0.265 e. The molecular formula is C13H21N5OS2. The predicted molar refractivity (Wildman–Crippen MR) is 89.1 cm³/mol. The zero-order valence-corrected chi connectivity index (χ0v) is 13.7. The lowest BCUT2D eigenvalue weighted by Crippen LogP contribution is -2.31. The number of rotatable bonds is 5. The first-order chi connectivity index (χ1) is 10.0. The van der Waals surface area contributed by atoms with Crippen molar-refractivity contribution in [1.82, 2.24) is 10.3 Å². The van der Waals surface area contributed by atoms with Gasteiger partial charge in [-0.15, -0.1) is 0 Å². The molecule has 1 aliphatic carbocycles. The quantitative estimate of drug-likeness (QED) is 0.743. The first kappa shape index (κ1) is 14.9. The third-order valence-electron chi connectivity index (χ3n) is 4.16. The highest BCUT2D eigenvalue weighted by Gasteiger charge is 2.42. The van der Waals surface area contributed by atoms with Gasteiger partial charge in [-0.3, -0.25) is 4.79 Å². The zero-order valence-electron chi connectivity index (χ0n) is 12.1. The molecule has 1 amide bonds. The maximum absolute atomic E-state index is 12.3. The van der Waals surface area contributed by atoms with E-state index in [2.05, 4.69) is 21.5 Å². The van der Waals surface area contributed by atoms with Gasteiger partial charge in [0.15, 0.2) is 5.13 Å². The Bertz CT molecular complexity index is 543. The SMILES string of the molecule is CSC1(CNC(=O)c2sc(N3CCC(N)C3)nc2N)CC1. The summed E-state index contributed by atoms with van der Waals surface area (Å²) in [4.78, 5) is 19.2. The van der Waals surface area contributed by atoms with E-state index in [4.69, 9.17) is 11.5 Å². The summed E-state index contributed by atoms with van der Waals surface area (Å²) in [6, 6.07) is 0.184. The third kappa shape index (κ3) is 3.12. The molecule has 1 unspecified atom stereocenters. The van der Waals surface area contributed by atoms with Crippen molar-refractivity contribution in [3.63, 3.8) is 0 Å². The second kappa shape index (κ2) is 5.66. The molecule has 1 aliphatic heterocycles. The van der Waals surface area contributed by atoms with Crippen LogP contribution in [0.4, 0.5) is 10.9 Å². The van der Waals surface area contributed by atoms with Gasteiger partial charge in [0, 0.05) is 30.4 Å². The Labute approximate surface area is 132 Å². The van der Waals surface area contributed by atoms with E-state index in [9.17, 15) is 4.79 Å². The van der Waals surface area contributed by atoms with Crippen LogP contribution >= 0.6 is 23.1 Å². The molecule has 0 radical (unpaired) electrons. The number of carbonyl (C=O) groups excluding carboxylic acids is 1. The predicted octanol–water partition coefficient (Wildman–Crippen LogP) is 0.888. The van der Waals surface area contributed by atoms with Gasteiger partial charge in [0.2, 0.25) is 0 Å². The van der Waals surface area contributed by atoms with Crippen LogP contribution in [0.25, 0.3) is 0 Å². The molecular weight excluding hydrogens is 306 g/mol. The number of nitrogen functional groups attached to an aromatic ring is 1. The van der Waals surface area contributed by atoms with E-state index in [0.717, 1.165) is 24.6 Å². The van der Waals surface area contributed by atoms with Crippen molar-refractivity contribution in [1.29, 1.82) is 0 Å². The van der Waals surface area contributed by atoms with Gasteiger partial charge in [-0.25, -0.2) is 4.98 Å². The first-order valence-corrected chi connectivity index (χ1v) is 9.17. The number of anilines is 2. The summed E-state index contributed by atoms with van der Waals surface area (Å²) in [5.41, 5.74) is 11.8. The van der Waals surface area contributed by atoms with Gasteiger partial charge < -0.3 is 21.7 Å². The molecule has 1 aromatic heterocycles. The van der Waals surface area contributed by atoms with Crippen LogP contribution in [0.3, 0.4) is 0 Å². The van der Waals surface area contributed by atoms with Gasteiger partial charge in [-0.1, -0.05) is 11.3 Å². The van der Waals surface area contributed by atoms with E-state index < -0.39 is 0 Å². The molecule has 3 rings (SSSR count). The number of thioether (sulfide) groups is 1. The van der Waals surface area contributed by atoms with Crippen LogP contribution in [0, 0.1) is 0 Å². The molecule has 0 aromatic carbocycles. The highest BCUT2D eigenvalue weighted by molar-refractivity contribution is 8.00. The molecule has 21 heavy (non-hydrogen) atoms. The first-order valence-electron chi connectivity index (χ1n) is 7.13. The van der Waals surface area contributed by atoms with Gasteiger partial charge in [0.1, 0.15) is 10.7 Å². The number of nitrogens with two attached hydrogens (primary N) is 2. The second-order valence-corrected chi connectivity index (χ2v) is 8.03. The molecule has 116 valence electrons. The number of nitrogens with one attached hydrogen (secondary N) is 1. The molecule has 8 heteroatoms. The zero-order chi connectivity index (χ0) is 15.0. The molecule has 6 nitrogen and oxygen atoms in total. The lowest BCUT2D eigenvalue weighted by molar-refractivity contribution is 0.0957. The molecule has 1 aromatic rings. The lowest BCUT2D eigenvalue weighted by atomic mass is 10.3. The fourth-order valence-electron chi connectivity index (χ4n) is 2.49. The largest absolute Gasteiger partial charge is 0.382 e. The van der Waals surface area contributed by atoms with E-state index in [1.54, 1.807) is 0 Å². The van der Waals surface area contributed by atoms with Crippen LogP contribution in [0.5, 0.6) is 0 Å². The maximum atomic E-state index is 12.3. The number of hydrogen-bond acceptors (Lipinski definition) is 7. The van der Waals surface area contributed by atoms with Gasteiger partial charge in [0.25, 0.3) is 5.91 Å². The Morgan fingerprint density at radius 1 is 1.62 bits per heavy atom. The molecule has 2 fully saturated rings. The lowest BCUT2D eigenvalue weighted by Gasteiger charge is -2.13. The molecule has 0 spiro atoms. The summed E-state index contributed by atoms with van der Waals surface area (Å²) < 4.78 is 0.250. The number of thiazole rings is 1. The second-order valence-electron chi connectivity index (χ2n) is 5.78. The summed E-state index contributed by atoms with van der Waals surface area (Å²) in [6.45, 7) is 2.36. The summed E-state index contributed by atoms with van der Waals surface area (Å²) in [5, 5.41) is 3.80. The average Bonchev–Trinajstić information content (AvgIpc) is 2.96. The van der Waals surface area contributed by atoms with E-state index >= 15 is 0 Å². The van der Waals surface area contributed by atoms with Crippen LogP contribution < -0.4 is 21.7 Å². The summed E-state index contributed by atoms with van der Waals surface area (Å²) in [7, 11) is 0. The van der Waals surface area contributed by atoms with Crippen molar-refractivity contribution < 1.29 is 4.79 Å². The minimum absolute atomic E-state index is 0.111. The van der Waals surface area contributed by atoms with Crippen molar-refractivity contribution in [2.45, 2.75) is 30.1 Å². The van der Waals surface area contributed by atoms with Crippen molar-refractivity contribution in [3.8, 4) is 0 Å². The molecule has 2 aliphatic rings. The van der Waals surface area contributed by atoms with Gasteiger partial charge in [-0.05, 0) is 25.5 Å². The van der Waals surface area contributed by atoms with Crippen LogP contribution in [-0.2, 0) is 0 Å². The van der Waals surface area contributed by atoms with E-state index in [1.807, 2.05) is 11.8 Å². The fraction of sp³-hybridized carbons (Fsp3) is 0.692. The average molecular weight is 327 g/mol. The Kier molecular flexibility index (Phi) is 4.02. The molecule has 2 heterocycles. The Morgan fingerprint density at radius 3 is 2.95 bits per heavy atom. The number of hydrogen-bond donors (Lipinski definition) is 3. The van der Waals surface area contributed by atoms with Gasteiger partial charge >= 0.3 is 0 Å². The smallest absolute Gasteiger partial charge is 0.265 e. The Balaban J connectivity index is 1.65. The van der Waals surface area contributed by atoms with Crippen molar-refractivity contribution >= 4 is 40.0 Å². The Morgan fingerprint density at radius 2 is 2.38 bits per heavy atom. The monoisotopic (exact) mass is 327 g/mol. The number of aromatic nitrogens is 1. The molecule has 1 saturated heterocycles. The van der Waals surface area contributed by atoms with Gasteiger partial charge in [0.05, 0.1) is 0 Å². The minimum Gasteiger partial charge on any atom is -0.382 e. The standard InChI is InChI=1S/C13H21N5OS2/c1-20-13(3-4-13)7-16-11(19)9-10(15)17-12(21-9)18-5-2-8(14)6-18/h8H,2-7,14-15H2,1H3,(H,16,19). The molecule has 0 bridgehead atoms. The van der Waals surface area contributed by atoms with Crippen LogP contribution in [0.1, 0.15) is 28.9 Å². The summed E-state index contributed by atoms with van der Waals surface area (Å²) in [5.74, 6) is 0.210. The molecule has 1 atom stereocenters. The molecule has 5 N–H and O–H groups in total. The summed E-state index contributed by atoms with van der Waals surface area (Å²) >= 11 is 3.19. The van der Waals surface area contributed by atoms with Gasteiger partial charge in [-0.2, -0.15) is 11.8 Å². The van der Waals surface area contributed by atoms with Crippen molar-refractivity contribution in [2.75, 3.05) is 36.5 Å². The Hall–Kier alpha value is -0.990. The van der Waals surface area contributed by atoms with E-state index in [0.29, 0.717) is 17.2 Å². The van der Waals surface area contributed by atoms with Crippen molar-refractivity contribution in [3.05, 3.63) is 4.88 Å². The summed E-state index contributed by atoms with van der Waals surface area (Å²) in [6.07, 6.45) is 5.39. The number of amides is 1. The normalized spacial score (nSPS) is 23.3.